The number of rotatable bonds is 5. The number of nitrogens with zero attached hydrogens (tertiary/aromatic N) is 3. The van der Waals surface area contributed by atoms with E-state index in [1.807, 2.05) is 6.07 Å². The third-order valence-corrected chi connectivity index (χ3v) is 2.73. The molecule has 0 atom stereocenters. The van der Waals surface area contributed by atoms with Crippen LogP contribution in [-0.4, -0.2) is 62.1 Å². The van der Waals surface area contributed by atoms with E-state index in [2.05, 4.69) is 4.90 Å². The van der Waals surface area contributed by atoms with E-state index in [1.54, 1.807) is 11.9 Å². The van der Waals surface area contributed by atoms with Gasteiger partial charge in [-0.1, -0.05) is 0 Å². The molecule has 0 aromatic carbocycles. The molecule has 0 aliphatic carbocycles. The van der Waals surface area contributed by atoms with E-state index >= 15 is 0 Å². The lowest BCUT2D eigenvalue weighted by atomic mass is 10.3. The van der Waals surface area contributed by atoms with Crippen LogP contribution in [0.4, 0.5) is 0 Å². The summed E-state index contributed by atoms with van der Waals surface area (Å²) in [5.41, 5.74) is 0. The van der Waals surface area contributed by atoms with Crippen LogP contribution in [0, 0.1) is 11.3 Å². The topological polar surface area (TPSA) is 56.6 Å². The van der Waals surface area contributed by atoms with Gasteiger partial charge in [-0.3, -0.25) is 9.69 Å². The Balaban J connectivity index is 2.15. The second-order valence-corrected chi connectivity index (χ2v) is 3.93. The zero-order valence-corrected chi connectivity index (χ0v) is 9.81. The first-order valence-corrected chi connectivity index (χ1v) is 5.65. The van der Waals surface area contributed by atoms with Crippen LogP contribution in [0.2, 0.25) is 0 Å². The largest absolute Gasteiger partial charge is 0.379 e. The Morgan fingerprint density at radius 2 is 2.19 bits per heavy atom. The molecule has 0 aromatic heterocycles. The number of carbonyl (C=O) groups is 1. The highest BCUT2D eigenvalue weighted by Gasteiger charge is 2.13. The van der Waals surface area contributed by atoms with E-state index in [1.165, 1.54) is 0 Å². The van der Waals surface area contributed by atoms with Gasteiger partial charge in [-0.2, -0.15) is 5.26 Å². The molecule has 16 heavy (non-hydrogen) atoms. The molecule has 1 aliphatic heterocycles. The van der Waals surface area contributed by atoms with Crippen molar-refractivity contribution < 1.29 is 9.53 Å². The first-order valence-electron chi connectivity index (χ1n) is 5.65. The van der Waals surface area contributed by atoms with Crippen LogP contribution in [0.15, 0.2) is 0 Å². The lowest BCUT2D eigenvalue weighted by molar-refractivity contribution is -0.130. The number of hydrogen-bond acceptors (Lipinski definition) is 4. The van der Waals surface area contributed by atoms with Gasteiger partial charge in [-0.25, -0.2) is 0 Å². The normalized spacial score (nSPS) is 16.8. The van der Waals surface area contributed by atoms with E-state index in [4.69, 9.17) is 10.00 Å². The summed E-state index contributed by atoms with van der Waals surface area (Å²) in [5, 5.41) is 8.42. The number of carbonyl (C=O) groups excluding carboxylic acids is 1. The van der Waals surface area contributed by atoms with Crippen LogP contribution in [0.5, 0.6) is 0 Å². The summed E-state index contributed by atoms with van der Waals surface area (Å²) < 4.78 is 5.23. The minimum Gasteiger partial charge on any atom is -0.379 e. The second-order valence-electron chi connectivity index (χ2n) is 3.93. The van der Waals surface area contributed by atoms with Gasteiger partial charge in [0.25, 0.3) is 0 Å². The lowest BCUT2D eigenvalue weighted by Crippen LogP contribution is -2.39. The highest BCUT2D eigenvalue weighted by Crippen LogP contribution is 2.00. The summed E-state index contributed by atoms with van der Waals surface area (Å²) in [6.45, 7) is 4.67. The van der Waals surface area contributed by atoms with Crippen molar-refractivity contribution in [2.45, 2.75) is 12.8 Å². The molecule has 0 radical (unpaired) electrons. The van der Waals surface area contributed by atoms with E-state index in [0.29, 0.717) is 19.4 Å². The smallest absolute Gasteiger partial charge is 0.223 e. The molecule has 0 bridgehead atoms. The molecule has 1 fully saturated rings. The number of morpholine rings is 1. The Labute approximate surface area is 96.6 Å². The van der Waals surface area contributed by atoms with Crippen molar-refractivity contribution >= 4 is 5.91 Å². The number of nitriles is 1. The molecule has 1 amide bonds. The maximum Gasteiger partial charge on any atom is 0.223 e. The van der Waals surface area contributed by atoms with Gasteiger partial charge in [0.2, 0.25) is 5.91 Å². The maximum atomic E-state index is 11.7. The Morgan fingerprint density at radius 3 is 2.81 bits per heavy atom. The van der Waals surface area contributed by atoms with Crippen LogP contribution in [0.1, 0.15) is 12.8 Å². The molecule has 1 saturated heterocycles. The molecule has 0 aromatic rings. The minimum absolute atomic E-state index is 0.113. The number of hydrogen-bond donors (Lipinski definition) is 0. The first kappa shape index (κ1) is 12.9. The predicted molar refractivity (Wildman–Crippen MR) is 59.7 cm³/mol. The molecule has 1 rings (SSSR count). The molecule has 0 spiro atoms. The van der Waals surface area contributed by atoms with E-state index in [0.717, 1.165) is 32.8 Å². The lowest BCUT2D eigenvalue weighted by Gasteiger charge is -2.27. The Hall–Kier alpha value is -1.12. The van der Waals surface area contributed by atoms with Gasteiger partial charge in [-0.05, 0) is 0 Å². The van der Waals surface area contributed by atoms with Crippen LogP contribution >= 0.6 is 0 Å². The van der Waals surface area contributed by atoms with E-state index < -0.39 is 0 Å². The van der Waals surface area contributed by atoms with Crippen LogP contribution < -0.4 is 0 Å². The van der Waals surface area contributed by atoms with E-state index in [-0.39, 0.29) is 5.91 Å². The van der Waals surface area contributed by atoms with Gasteiger partial charge < -0.3 is 9.64 Å². The second kappa shape index (κ2) is 7.20. The van der Waals surface area contributed by atoms with Gasteiger partial charge in [0.05, 0.1) is 25.7 Å². The third kappa shape index (κ3) is 4.60. The highest BCUT2D eigenvalue weighted by molar-refractivity contribution is 5.76. The molecule has 1 heterocycles. The fraction of sp³-hybridized carbons (Fsp3) is 0.818. The molecule has 5 nitrogen and oxygen atoms in total. The first-order chi connectivity index (χ1) is 7.74. The number of ether oxygens (including phenoxy) is 1. The van der Waals surface area contributed by atoms with Crippen molar-refractivity contribution in [1.29, 1.82) is 5.26 Å². The predicted octanol–water partition coefficient (Wildman–Crippen LogP) is 0.0808. The summed E-state index contributed by atoms with van der Waals surface area (Å²) in [6, 6.07) is 2.04. The Bertz CT molecular complexity index is 256. The highest BCUT2D eigenvalue weighted by atomic mass is 16.5. The molecule has 0 N–H and O–H groups in total. The quantitative estimate of drug-likeness (QED) is 0.665. The minimum atomic E-state index is 0.113. The van der Waals surface area contributed by atoms with Gasteiger partial charge in [-0.15, -0.1) is 0 Å². The summed E-state index contributed by atoms with van der Waals surface area (Å²) in [5.74, 6) is 0.113. The standard InChI is InChI=1S/C11H19N3O2/c1-13(5-2-4-12)11(15)3-6-14-7-9-16-10-8-14/h2-3,5-10H2,1H3. The molecule has 0 saturated carbocycles. The average Bonchev–Trinajstić information content (AvgIpc) is 2.34. The van der Waals surface area contributed by atoms with Crippen LogP contribution in [0.3, 0.4) is 0 Å². The molecular weight excluding hydrogens is 206 g/mol. The Morgan fingerprint density at radius 1 is 1.50 bits per heavy atom. The van der Waals surface area contributed by atoms with Crippen molar-refractivity contribution in [3.8, 4) is 6.07 Å². The number of amides is 1. The summed E-state index contributed by atoms with van der Waals surface area (Å²) in [7, 11) is 1.75. The molecular formula is C11H19N3O2. The van der Waals surface area contributed by atoms with Gasteiger partial charge in [0, 0.05) is 39.6 Å². The Kier molecular flexibility index (Phi) is 5.83. The van der Waals surface area contributed by atoms with Gasteiger partial charge in [0.1, 0.15) is 0 Å². The monoisotopic (exact) mass is 225 g/mol. The fourth-order valence-electron chi connectivity index (χ4n) is 1.61. The summed E-state index contributed by atoms with van der Waals surface area (Å²) >= 11 is 0. The third-order valence-electron chi connectivity index (χ3n) is 2.73. The fourth-order valence-corrected chi connectivity index (χ4v) is 1.61. The molecule has 1 aliphatic rings. The van der Waals surface area contributed by atoms with Gasteiger partial charge in [0.15, 0.2) is 0 Å². The molecule has 5 heteroatoms. The van der Waals surface area contributed by atoms with Crippen molar-refractivity contribution in [2.75, 3.05) is 46.4 Å². The van der Waals surface area contributed by atoms with Crippen LogP contribution in [-0.2, 0) is 9.53 Å². The average molecular weight is 225 g/mol. The van der Waals surface area contributed by atoms with Crippen molar-refractivity contribution in [3.63, 3.8) is 0 Å². The van der Waals surface area contributed by atoms with E-state index in [9.17, 15) is 4.79 Å². The van der Waals surface area contributed by atoms with Crippen molar-refractivity contribution in [3.05, 3.63) is 0 Å². The van der Waals surface area contributed by atoms with Crippen LogP contribution in [0.25, 0.3) is 0 Å². The molecule has 90 valence electrons. The summed E-state index contributed by atoms with van der Waals surface area (Å²) in [4.78, 5) is 15.5. The zero-order valence-electron chi connectivity index (χ0n) is 9.81. The zero-order chi connectivity index (χ0) is 11.8. The van der Waals surface area contributed by atoms with Crippen molar-refractivity contribution in [2.24, 2.45) is 0 Å². The SMILES string of the molecule is CN(CCC#N)C(=O)CCN1CCOCC1. The van der Waals surface area contributed by atoms with Gasteiger partial charge >= 0.3 is 0 Å². The maximum absolute atomic E-state index is 11.7. The molecule has 0 unspecified atom stereocenters. The van der Waals surface area contributed by atoms with Crippen molar-refractivity contribution in [1.82, 2.24) is 9.80 Å². The summed E-state index contributed by atoms with van der Waals surface area (Å²) in [6.07, 6.45) is 0.932.